The number of aromatic carboxylic acids is 1. The van der Waals surface area contributed by atoms with Crippen molar-refractivity contribution in [2.75, 3.05) is 10.6 Å². The lowest BCUT2D eigenvalue weighted by Crippen LogP contribution is -2.22. The van der Waals surface area contributed by atoms with Crippen LogP contribution >= 0.6 is 23.1 Å². The fourth-order valence-electron chi connectivity index (χ4n) is 2.52. The van der Waals surface area contributed by atoms with Crippen molar-refractivity contribution in [2.24, 2.45) is 0 Å². The van der Waals surface area contributed by atoms with Crippen LogP contribution in [0.3, 0.4) is 0 Å². The number of nitrogens with zero attached hydrogens (tertiary/aromatic N) is 2. The molecule has 1 aromatic heterocycles. The molecule has 8 nitrogen and oxygen atoms in total. The first kappa shape index (κ1) is 21.5. The summed E-state index contributed by atoms with van der Waals surface area (Å²) in [4.78, 5) is 37.0. The number of carboxylic acid groups (broad SMARTS) is 1. The highest BCUT2D eigenvalue weighted by Crippen LogP contribution is 2.27. The Bertz CT molecular complexity index is 1100. The number of anilines is 2. The fraction of sp³-hybridized carbons (Fsp3) is 0.150. The molecular formula is C20H18N4O4S2. The van der Waals surface area contributed by atoms with E-state index in [1.807, 2.05) is 6.07 Å². The Morgan fingerprint density at radius 1 is 1.03 bits per heavy atom. The molecule has 2 aromatic carbocycles. The first-order chi connectivity index (χ1) is 14.3. The average Bonchev–Trinajstić information content (AvgIpc) is 3.12. The van der Waals surface area contributed by atoms with Gasteiger partial charge in [0.15, 0.2) is 0 Å². The number of hydrogen-bond acceptors (Lipinski definition) is 7. The van der Waals surface area contributed by atoms with Crippen LogP contribution < -0.4 is 10.6 Å². The molecule has 3 rings (SSSR count). The molecule has 0 spiro atoms. The van der Waals surface area contributed by atoms with Gasteiger partial charge < -0.3 is 10.4 Å². The molecule has 3 N–H and O–H groups in total. The number of amides is 2. The summed E-state index contributed by atoms with van der Waals surface area (Å²) in [6, 6.07) is 13.0. The minimum Gasteiger partial charge on any atom is -0.478 e. The van der Waals surface area contributed by atoms with Gasteiger partial charge in [0.2, 0.25) is 11.0 Å². The van der Waals surface area contributed by atoms with Gasteiger partial charge >= 0.3 is 5.97 Å². The van der Waals surface area contributed by atoms with Crippen LogP contribution in [-0.4, -0.2) is 38.3 Å². The Balaban J connectivity index is 1.66. The van der Waals surface area contributed by atoms with E-state index in [1.54, 1.807) is 44.2 Å². The predicted molar refractivity (Wildman–Crippen MR) is 116 cm³/mol. The molecule has 3 aromatic rings. The highest BCUT2D eigenvalue weighted by Gasteiger charge is 2.18. The summed E-state index contributed by atoms with van der Waals surface area (Å²) >= 11 is 2.62. The molecule has 0 bridgehead atoms. The van der Waals surface area contributed by atoms with Gasteiger partial charge in [-0.3, -0.25) is 14.9 Å². The standard InChI is InChI=1S/C20H18N4O4S2/c1-11(17(25)22-20-24-23-12(2)30-20)29-14-7-5-6-13(10-14)21-18(26)15-8-3-4-9-16(15)19(27)28/h3-11H,1-2H3,(H,21,26)(H,27,28)(H,22,24,25). The Morgan fingerprint density at radius 3 is 2.43 bits per heavy atom. The number of rotatable bonds is 7. The Hall–Kier alpha value is -3.24. The molecule has 0 saturated heterocycles. The van der Waals surface area contributed by atoms with Crippen molar-refractivity contribution in [2.45, 2.75) is 24.0 Å². The summed E-state index contributed by atoms with van der Waals surface area (Å²) in [6.07, 6.45) is 0. The lowest BCUT2D eigenvalue weighted by atomic mass is 10.1. The average molecular weight is 443 g/mol. The largest absolute Gasteiger partial charge is 0.478 e. The van der Waals surface area contributed by atoms with Crippen LogP contribution in [-0.2, 0) is 4.79 Å². The van der Waals surface area contributed by atoms with Crippen LogP contribution in [0.15, 0.2) is 53.4 Å². The number of carboxylic acids is 1. The number of carbonyl (C=O) groups is 3. The van der Waals surface area contributed by atoms with Gasteiger partial charge in [-0.15, -0.1) is 22.0 Å². The second kappa shape index (κ2) is 9.51. The quantitative estimate of drug-likeness (QED) is 0.474. The molecule has 10 heteroatoms. The van der Waals surface area contributed by atoms with Crippen molar-refractivity contribution in [3.63, 3.8) is 0 Å². The summed E-state index contributed by atoms with van der Waals surface area (Å²) in [6.45, 7) is 3.57. The zero-order valence-corrected chi connectivity index (χ0v) is 17.7. The summed E-state index contributed by atoms with van der Waals surface area (Å²) in [7, 11) is 0. The molecule has 0 radical (unpaired) electrons. The number of aryl methyl sites for hydroxylation is 1. The Kier molecular flexibility index (Phi) is 6.80. The Labute approximate surface area is 180 Å². The highest BCUT2D eigenvalue weighted by molar-refractivity contribution is 8.00. The minimum absolute atomic E-state index is 0.0715. The molecule has 30 heavy (non-hydrogen) atoms. The lowest BCUT2D eigenvalue weighted by molar-refractivity contribution is -0.115. The predicted octanol–water partition coefficient (Wildman–Crippen LogP) is 3.92. The zero-order valence-electron chi connectivity index (χ0n) is 16.1. The molecule has 0 fully saturated rings. The molecule has 2 amide bonds. The lowest BCUT2D eigenvalue weighted by Gasteiger charge is -2.12. The van der Waals surface area contributed by atoms with Gasteiger partial charge in [-0.05, 0) is 44.2 Å². The molecule has 0 aliphatic heterocycles. The topological polar surface area (TPSA) is 121 Å². The van der Waals surface area contributed by atoms with Crippen LogP contribution in [0.2, 0.25) is 0 Å². The van der Waals surface area contributed by atoms with Gasteiger partial charge in [-0.25, -0.2) is 4.79 Å². The van der Waals surface area contributed by atoms with E-state index in [9.17, 15) is 19.5 Å². The maximum atomic E-state index is 12.5. The van der Waals surface area contributed by atoms with Gasteiger partial charge in [0.05, 0.1) is 16.4 Å². The fourth-order valence-corrected chi connectivity index (χ4v) is 4.05. The van der Waals surface area contributed by atoms with Gasteiger partial charge in [-0.2, -0.15) is 0 Å². The van der Waals surface area contributed by atoms with E-state index >= 15 is 0 Å². The number of carbonyl (C=O) groups excluding carboxylic acids is 2. The Morgan fingerprint density at radius 2 is 1.77 bits per heavy atom. The first-order valence-corrected chi connectivity index (χ1v) is 10.5. The zero-order chi connectivity index (χ0) is 21.7. The SMILES string of the molecule is Cc1nnc(NC(=O)C(C)Sc2cccc(NC(=O)c3ccccc3C(=O)O)c2)s1. The van der Waals surface area contributed by atoms with Crippen molar-refractivity contribution in [1.29, 1.82) is 0 Å². The normalized spacial score (nSPS) is 11.5. The molecule has 1 atom stereocenters. The highest BCUT2D eigenvalue weighted by atomic mass is 32.2. The molecule has 1 heterocycles. The minimum atomic E-state index is -1.17. The first-order valence-electron chi connectivity index (χ1n) is 8.85. The van der Waals surface area contributed by atoms with Crippen LogP contribution in [0.5, 0.6) is 0 Å². The summed E-state index contributed by atoms with van der Waals surface area (Å²) in [5.74, 6) is -1.90. The van der Waals surface area contributed by atoms with Gasteiger partial charge in [0, 0.05) is 10.6 Å². The van der Waals surface area contributed by atoms with Crippen molar-refractivity contribution >= 4 is 51.7 Å². The third-order valence-electron chi connectivity index (χ3n) is 3.93. The molecule has 1 unspecified atom stereocenters. The van der Waals surface area contributed by atoms with Gasteiger partial charge in [0.1, 0.15) is 5.01 Å². The molecule has 0 aliphatic rings. The second-order valence-electron chi connectivity index (χ2n) is 6.21. The van der Waals surface area contributed by atoms with E-state index in [0.29, 0.717) is 10.8 Å². The number of aromatic nitrogens is 2. The monoisotopic (exact) mass is 442 g/mol. The smallest absolute Gasteiger partial charge is 0.336 e. The van der Waals surface area contributed by atoms with Crippen molar-refractivity contribution < 1.29 is 19.5 Å². The van der Waals surface area contributed by atoms with E-state index in [1.165, 1.54) is 35.2 Å². The number of thioether (sulfide) groups is 1. The molecule has 0 aliphatic carbocycles. The summed E-state index contributed by atoms with van der Waals surface area (Å²) in [5.41, 5.74) is 0.499. The maximum Gasteiger partial charge on any atom is 0.336 e. The molecule has 154 valence electrons. The van der Waals surface area contributed by atoms with Crippen molar-refractivity contribution in [1.82, 2.24) is 10.2 Å². The number of nitrogens with one attached hydrogen (secondary N) is 2. The van der Waals surface area contributed by atoms with E-state index in [0.717, 1.165) is 9.90 Å². The van der Waals surface area contributed by atoms with Crippen LogP contribution in [0.25, 0.3) is 0 Å². The van der Waals surface area contributed by atoms with E-state index < -0.39 is 17.1 Å². The maximum absolute atomic E-state index is 12.5. The summed E-state index contributed by atoms with van der Waals surface area (Å²) in [5, 5.41) is 23.2. The molecular weight excluding hydrogens is 424 g/mol. The van der Waals surface area contributed by atoms with Gasteiger partial charge in [0.25, 0.3) is 5.91 Å². The second-order valence-corrected chi connectivity index (χ2v) is 8.80. The van der Waals surface area contributed by atoms with Crippen LogP contribution in [0.1, 0.15) is 32.6 Å². The van der Waals surface area contributed by atoms with Crippen LogP contribution in [0, 0.1) is 6.92 Å². The third kappa shape index (κ3) is 5.43. The molecule has 0 saturated carbocycles. The van der Waals surface area contributed by atoms with Crippen molar-refractivity contribution in [3.8, 4) is 0 Å². The summed E-state index contributed by atoms with van der Waals surface area (Å²) < 4.78 is 0. The van der Waals surface area contributed by atoms with Gasteiger partial charge in [-0.1, -0.05) is 29.5 Å². The van der Waals surface area contributed by atoms with E-state index in [4.69, 9.17) is 0 Å². The number of hydrogen-bond donors (Lipinski definition) is 3. The third-order valence-corrected chi connectivity index (χ3v) is 5.78. The van der Waals surface area contributed by atoms with E-state index in [-0.39, 0.29) is 17.0 Å². The number of benzene rings is 2. The van der Waals surface area contributed by atoms with E-state index in [2.05, 4.69) is 20.8 Å². The van der Waals surface area contributed by atoms with Crippen molar-refractivity contribution in [3.05, 3.63) is 64.7 Å². The van der Waals surface area contributed by atoms with Crippen LogP contribution in [0.4, 0.5) is 10.8 Å².